The molecule has 0 bridgehead atoms. The summed E-state index contributed by atoms with van der Waals surface area (Å²) in [6, 6.07) is 0.447. The first kappa shape index (κ1) is 10.3. The van der Waals surface area contributed by atoms with Crippen molar-refractivity contribution in [1.82, 2.24) is 0 Å². The molecule has 1 rings (SSSR count). The Morgan fingerprint density at radius 3 is 2.85 bits per heavy atom. The molecular formula is C11H18NO+. The van der Waals surface area contributed by atoms with Crippen molar-refractivity contribution in [3.63, 3.8) is 0 Å². The van der Waals surface area contributed by atoms with Crippen molar-refractivity contribution in [3.05, 3.63) is 0 Å². The molecule has 0 amide bonds. The van der Waals surface area contributed by atoms with Gasteiger partial charge in [0.05, 0.1) is 12.0 Å². The van der Waals surface area contributed by atoms with E-state index in [-0.39, 0.29) is 5.92 Å². The molecule has 2 atom stereocenters. The Labute approximate surface area is 80.1 Å². The molecule has 2 N–H and O–H groups in total. The van der Waals surface area contributed by atoms with E-state index in [1.807, 2.05) is 0 Å². The van der Waals surface area contributed by atoms with Crippen LogP contribution in [0.4, 0.5) is 0 Å². The third-order valence-corrected chi connectivity index (χ3v) is 2.88. The zero-order chi connectivity index (χ0) is 9.68. The number of hydrogen-bond acceptors (Lipinski definition) is 1. The van der Waals surface area contributed by atoms with E-state index in [4.69, 9.17) is 6.42 Å². The molecule has 0 aromatic carbocycles. The fourth-order valence-corrected chi connectivity index (χ4v) is 2.17. The molecule has 0 spiro atoms. The van der Waals surface area contributed by atoms with E-state index in [0.29, 0.717) is 18.4 Å². The topological polar surface area (TPSA) is 33.7 Å². The first-order valence-corrected chi connectivity index (χ1v) is 5.03. The van der Waals surface area contributed by atoms with Crippen molar-refractivity contribution in [2.45, 2.75) is 38.6 Å². The van der Waals surface area contributed by atoms with E-state index in [2.05, 4.69) is 11.2 Å². The largest absolute Gasteiger partial charge is 0.333 e. The van der Waals surface area contributed by atoms with Crippen LogP contribution in [-0.4, -0.2) is 18.4 Å². The Morgan fingerprint density at radius 1 is 1.54 bits per heavy atom. The fourth-order valence-electron chi connectivity index (χ4n) is 2.17. The highest BCUT2D eigenvalue weighted by atomic mass is 16.1. The molecular weight excluding hydrogens is 162 g/mol. The zero-order valence-corrected chi connectivity index (χ0v) is 8.25. The molecule has 0 aliphatic heterocycles. The monoisotopic (exact) mass is 180 g/mol. The van der Waals surface area contributed by atoms with Crippen LogP contribution in [0.25, 0.3) is 0 Å². The summed E-state index contributed by atoms with van der Waals surface area (Å²) in [5.41, 5.74) is 0. The molecule has 2 heteroatoms. The van der Waals surface area contributed by atoms with Crippen LogP contribution in [0.2, 0.25) is 0 Å². The first-order chi connectivity index (χ1) is 6.25. The molecule has 2 nitrogen and oxygen atoms in total. The summed E-state index contributed by atoms with van der Waals surface area (Å²) in [5.74, 6) is 3.19. The number of nitrogens with two attached hydrogens (primary N) is 1. The molecule has 1 aliphatic carbocycles. The number of carbonyl (C=O) groups is 1. The van der Waals surface area contributed by atoms with Crippen molar-refractivity contribution in [2.75, 3.05) is 6.54 Å². The van der Waals surface area contributed by atoms with Gasteiger partial charge in [-0.2, -0.15) is 0 Å². The molecule has 0 unspecified atom stereocenters. The van der Waals surface area contributed by atoms with E-state index in [0.717, 1.165) is 12.8 Å². The number of carbonyl (C=O) groups excluding carboxylic acids is 1. The molecule has 0 aromatic rings. The third kappa shape index (κ3) is 2.86. The van der Waals surface area contributed by atoms with Crippen molar-refractivity contribution >= 4 is 5.78 Å². The van der Waals surface area contributed by atoms with E-state index in [1.165, 1.54) is 12.8 Å². The summed E-state index contributed by atoms with van der Waals surface area (Å²) in [4.78, 5) is 11.3. The summed E-state index contributed by atoms with van der Waals surface area (Å²) < 4.78 is 0. The third-order valence-electron chi connectivity index (χ3n) is 2.88. The van der Waals surface area contributed by atoms with Gasteiger partial charge >= 0.3 is 0 Å². The Bertz CT molecular complexity index is 217. The normalized spacial score (nSPS) is 28.0. The average molecular weight is 180 g/mol. The smallest absolute Gasteiger partial charge is 0.138 e. The van der Waals surface area contributed by atoms with E-state index < -0.39 is 0 Å². The number of quaternary nitrogens is 1. The molecule has 0 aromatic heterocycles. The summed E-state index contributed by atoms with van der Waals surface area (Å²) >= 11 is 0. The van der Waals surface area contributed by atoms with Gasteiger partial charge in [0.2, 0.25) is 0 Å². The first-order valence-electron chi connectivity index (χ1n) is 5.03. The molecule has 0 heterocycles. The van der Waals surface area contributed by atoms with Crippen LogP contribution in [0.1, 0.15) is 32.6 Å². The van der Waals surface area contributed by atoms with Gasteiger partial charge in [0.15, 0.2) is 0 Å². The lowest BCUT2D eigenvalue weighted by molar-refractivity contribution is -0.686. The van der Waals surface area contributed by atoms with Crippen LogP contribution >= 0.6 is 0 Å². The van der Waals surface area contributed by atoms with Gasteiger partial charge in [-0.25, -0.2) is 0 Å². The Hall–Kier alpha value is -0.810. The van der Waals surface area contributed by atoms with Gasteiger partial charge in [-0.3, -0.25) is 4.79 Å². The minimum atomic E-state index is 0.252. The SMILES string of the molecule is C#CC[NH2+][C@H]1CCCC[C@H]1C(C)=O. The number of terminal acetylenes is 1. The summed E-state index contributed by atoms with van der Waals surface area (Å²) in [6.07, 6.45) is 9.85. The van der Waals surface area contributed by atoms with Gasteiger partial charge in [-0.15, -0.1) is 6.42 Å². The second-order valence-electron chi connectivity index (χ2n) is 3.81. The number of rotatable bonds is 3. The number of ketones is 1. The predicted octanol–water partition coefficient (Wildman–Crippen LogP) is 0.331. The van der Waals surface area contributed by atoms with Crippen LogP contribution < -0.4 is 5.32 Å². The van der Waals surface area contributed by atoms with Crippen LogP contribution in [0.3, 0.4) is 0 Å². The van der Waals surface area contributed by atoms with Crippen LogP contribution in [-0.2, 0) is 4.79 Å². The lowest BCUT2D eigenvalue weighted by atomic mass is 9.82. The second kappa shape index (κ2) is 5.04. The molecule has 0 saturated heterocycles. The molecule has 0 radical (unpaired) electrons. The number of hydrogen-bond donors (Lipinski definition) is 1. The lowest BCUT2D eigenvalue weighted by Crippen LogP contribution is -2.92. The minimum Gasteiger partial charge on any atom is -0.333 e. The quantitative estimate of drug-likeness (QED) is 0.624. The van der Waals surface area contributed by atoms with Gasteiger partial charge in [0.25, 0.3) is 0 Å². The molecule has 1 fully saturated rings. The lowest BCUT2D eigenvalue weighted by Gasteiger charge is -2.27. The summed E-state index contributed by atoms with van der Waals surface area (Å²) in [6.45, 7) is 2.40. The summed E-state index contributed by atoms with van der Waals surface area (Å²) in [7, 11) is 0. The standard InChI is InChI=1S/C11H17NO/c1-3-8-12-11-7-5-4-6-10(11)9(2)13/h1,10-12H,4-8H2,2H3/p+1/t10-,11-/m0/s1. The zero-order valence-electron chi connectivity index (χ0n) is 8.25. The summed E-state index contributed by atoms with van der Waals surface area (Å²) in [5, 5.41) is 2.14. The van der Waals surface area contributed by atoms with Gasteiger partial charge in [0, 0.05) is 6.42 Å². The minimum absolute atomic E-state index is 0.252. The predicted molar refractivity (Wildman–Crippen MR) is 52.1 cm³/mol. The Balaban J connectivity index is 2.47. The maximum Gasteiger partial charge on any atom is 0.138 e. The van der Waals surface area contributed by atoms with Crippen LogP contribution in [0.15, 0.2) is 0 Å². The van der Waals surface area contributed by atoms with Crippen molar-refractivity contribution in [3.8, 4) is 12.3 Å². The molecule has 1 aliphatic rings. The van der Waals surface area contributed by atoms with Crippen LogP contribution in [0, 0.1) is 18.3 Å². The molecule has 72 valence electrons. The number of Topliss-reactive ketones (excluding diaryl/α,β-unsaturated/α-hetero) is 1. The highest BCUT2D eigenvalue weighted by molar-refractivity contribution is 5.78. The van der Waals surface area contributed by atoms with Crippen molar-refractivity contribution < 1.29 is 10.1 Å². The van der Waals surface area contributed by atoms with Gasteiger partial charge in [0.1, 0.15) is 12.3 Å². The van der Waals surface area contributed by atoms with Gasteiger partial charge in [-0.1, -0.05) is 6.42 Å². The fraction of sp³-hybridized carbons (Fsp3) is 0.727. The average Bonchev–Trinajstić information content (AvgIpc) is 2.15. The van der Waals surface area contributed by atoms with Crippen LogP contribution in [0.5, 0.6) is 0 Å². The van der Waals surface area contributed by atoms with Crippen molar-refractivity contribution in [1.29, 1.82) is 0 Å². The van der Waals surface area contributed by atoms with Gasteiger partial charge in [-0.05, 0) is 25.7 Å². The highest BCUT2D eigenvalue weighted by Crippen LogP contribution is 2.22. The van der Waals surface area contributed by atoms with Crippen molar-refractivity contribution in [2.24, 2.45) is 5.92 Å². The Morgan fingerprint density at radius 2 is 2.23 bits per heavy atom. The maximum atomic E-state index is 11.3. The Kier molecular flexibility index (Phi) is 3.98. The maximum absolute atomic E-state index is 11.3. The van der Waals surface area contributed by atoms with E-state index in [1.54, 1.807) is 6.92 Å². The second-order valence-corrected chi connectivity index (χ2v) is 3.81. The van der Waals surface area contributed by atoms with E-state index in [9.17, 15) is 4.79 Å². The highest BCUT2D eigenvalue weighted by Gasteiger charge is 2.30. The van der Waals surface area contributed by atoms with Gasteiger partial charge < -0.3 is 5.32 Å². The van der Waals surface area contributed by atoms with E-state index >= 15 is 0 Å². The molecule has 13 heavy (non-hydrogen) atoms. The molecule has 1 saturated carbocycles.